The molecule has 5 nitrogen and oxygen atoms in total. The highest BCUT2D eigenvalue weighted by Gasteiger charge is 2.24. The Morgan fingerprint density at radius 1 is 1.00 bits per heavy atom. The van der Waals surface area contributed by atoms with Gasteiger partial charge in [-0.2, -0.15) is 0 Å². The predicted octanol–water partition coefficient (Wildman–Crippen LogP) is 6.83. The number of ether oxygens (including phenoxy) is 2. The summed E-state index contributed by atoms with van der Waals surface area (Å²) in [6.07, 6.45) is 1.83. The molecule has 4 rings (SSSR count). The van der Waals surface area contributed by atoms with Gasteiger partial charge >= 0.3 is 0 Å². The molecule has 0 aliphatic carbocycles. The van der Waals surface area contributed by atoms with Gasteiger partial charge in [0.15, 0.2) is 16.7 Å². The lowest BCUT2D eigenvalue weighted by Gasteiger charge is -2.13. The molecule has 0 spiro atoms. The van der Waals surface area contributed by atoms with E-state index in [-0.39, 0.29) is 5.91 Å². The first-order valence-corrected chi connectivity index (χ1v) is 12.1. The van der Waals surface area contributed by atoms with Crippen LogP contribution in [-0.2, 0) is 11.4 Å². The molecule has 1 fully saturated rings. The molecule has 1 heterocycles. The van der Waals surface area contributed by atoms with Gasteiger partial charge in [-0.15, -0.1) is 0 Å². The van der Waals surface area contributed by atoms with Gasteiger partial charge in [0.2, 0.25) is 0 Å². The number of carbonyl (C=O) groups excluding carboxylic acids is 1. The lowest BCUT2D eigenvalue weighted by Crippen LogP contribution is -2.19. The SMILES string of the molecule is CCOc1cc(C=C2SC(=Nc3ccc(C)cc3C)NC2=O)ccc1OCc1ccc(Cl)cc1. The molecule has 0 saturated carbocycles. The first-order chi connectivity index (χ1) is 16.4. The summed E-state index contributed by atoms with van der Waals surface area (Å²) in [7, 11) is 0. The number of halogens is 1. The monoisotopic (exact) mass is 492 g/mol. The maximum atomic E-state index is 12.5. The van der Waals surface area contributed by atoms with Gasteiger partial charge in [0.25, 0.3) is 5.91 Å². The fourth-order valence-corrected chi connectivity index (χ4v) is 4.38. The highest BCUT2D eigenvalue weighted by atomic mass is 35.5. The maximum Gasteiger partial charge on any atom is 0.264 e. The number of hydrogen-bond acceptors (Lipinski definition) is 5. The van der Waals surface area contributed by atoms with E-state index in [0.29, 0.717) is 39.8 Å². The van der Waals surface area contributed by atoms with E-state index in [1.54, 1.807) is 0 Å². The third-order valence-electron chi connectivity index (χ3n) is 5.10. The Balaban J connectivity index is 1.51. The highest BCUT2D eigenvalue weighted by Crippen LogP contribution is 2.33. The number of thioether (sulfide) groups is 1. The van der Waals surface area contributed by atoms with Crippen LogP contribution in [-0.4, -0.2) is 17.7 Å². The molecule has 174 valence electrons. The summed E-state index contributed by atoms with van der Waals surface area (Å²) in [4.78, 5) is 17.7. The van der Waals surface area contributed by atoms with E-state index < -0.39 is 0 Å². The second-order valence-corrected chi connectivity index (χ2v) is 9.29. The van der Waals surface area contributed by atoms with Crippen LogP contribution < -0.4 is 14.8 Å². The van der Waals surface area contributed by atoms with Gasteiger partial charge < -0.3 is 14.8 Å². The number of rotatable bonds is 7. The molecule has 1 amide bonds. The van der Waals surface area contributed by atoms with Crippen molar-refractivity contribution in [1.29, 1.82) is 0 Å². The molecule has 0 atom stereocenters. The van der Waals surface area contributed by atoms with Crippen LogP contribution in [0.3, 0.4) is 0 Å². The first kappa shape index (κ1) is 23.9. The number of aryl methyl sites for hydroxylation is 2. The second kappa shape index (κ2) is 10.8. The molecule has 34 heavy (non-hydrogen) atoms. The number of carbonyl (C=O) groups is 1. The van der Waals surface area contributed by atoms with Gasteiger partial charge in [-0.25, -0.2) is 4.99 Å². The molecule has 0 bridgehead atoms. The normalized spacial score (nSPS) is 15.6. The number of hydrogen-bond donors (Lipinski definition) is 1. The molecule has 3 aromatic rings. The van der Waals surface area contributed by atoms with Crippen LogP contribution in [0.5, 0.6) is 11.5 Å². The summed E-state index contributed by atoms with van der Waals surface area (Å²) in [6, 6.07) is 19.2. The van der Waals surface area contributed by atoms with E-state index >= 15 is 0 Å². The standard InChI is InChI=1S/C27H25ClN2O3S/c1-4-32-24-14-20(8-12-23(24)33-16-19-6-9-21(28)10-7-19)15-25-26(31)30-27(34-25)29-22-11-5-17(2)13-18(22)3/h5-15H,4,16H2,1-3H3,(H,29,30,31). The minimum Gasteiger partial charge on any atom is -0.490 e. The van der Waals surface area contributed by atoms with Crippen LogP contribution in [0.1, 0.15) is 29.2 Å². The van der Waals surface area contributed by atoms with Gasteiger partial charge in [-0.05, 0) is 85.6 Å². The molecule has 1 aliphatic rings. The first-order valence-electron chi connectivity index (χ1n) is 10.9. The highest BCUT2D eigenvalue weighted by molar-refractivity contribution is 8.18. The number of nitrogens with zero attached hydrogens (tertiary/aromatic N) is 1. The molecule has 1 aliphatic heterocycles. The zero-order valence-electron chi connectivity index (χ0n) is 19.2. The van der Waals surface area contributed by atoms with Crippen LogP contribution in [0, 0.1) is 13.8 Å². The predicted molar refractivity (Wildman–Crippen MR) is 140 cm³/mol. The number of nitrogens with one attached hydrogen (secondary N) is 1. The summed E-state index contributed by atoms with van der Waals surface area (Å²) in [5.41, 5.74) is 4.93. The zero-order valence-corrected chi connectivity index (χ0v) is 20.8. The summed E-state index contributed by atoms with van der Waals surface area (Å²) in [5.74, 6) is 1.09. The number of benzene rings is 3. The smallest absolute Gasteiger partial charge is 0.264 e. The van der Waals surface area contributed by atoms with E-state index in [2.05, 4.69) is 16.4 Å². The number of amides is 1. The summed E-state index contributed by atoms with van der Waals surface area (Å²) < 4.78 is 11.8. The van der Waals surface area contributed by atoms with Crippen LogP contribution in [0.25, 0.3) is 6.08 Å². The average molecular weight is 493 g/mol. The molecule has 1 N–H and O–H groups in total. The van der Waals surface area contributed by atoms with E-state index in [1.165, 1.54) is 17.3 Å². The average Bonchev–Trinajstić information content (AvgIpc) is 3.15. The Labute approximate surface area is 208 Å². The third kappa shape index (κ3) is 6.01. The van der Waals surface area contributed by atoms with Gasteiger partial charge in [-0.1, -0.05) is 47.5 Å². The van der Waals surface area contributed by atoms with Crippen LogP contribution in [0.2, 0.25) is 5.02 Å². The van der Waals surface area contributed by atoms with Crippen molar-refractivity contribution in [3.05, 3.63) is 92.8 Å². The summed E-state index contributed by atoms with van der Waals surface area (Å²) >= 11 is 7.27. The Morgan fingerprint density at radius 3 is 2.53 bits per heavy atom. The maximum absolute atomic E-state index is 12.5. The fourth-order valence-electron chi connectivity index (χ4n) is 3.42. The quantitative estimate of drug-likeness (QED) is 0.367. The minimum atomic E-state index is -0.172. The molecule has 0 radical (unpaired) electrons. The van der Waals surface area contributed by atoms with E-state index in [9.17, 15) is 4.79 Å². The molecule has 7 heteroatoms. The third-order valence-corrected chi connectivity index (χ3v) is 6.26. The van der Waals surface area contributed by atoms with Crippen molar-refractivity contribution in [1.82, 2.24) is 5.32 Å². The second-order valence-electron chi connectivity index (χ2n) is 7.83. The molecule has 1 saturated heterocycles. The van der Waals surface area contributed by atoms with Crippen molar-refractivity contribution in [2.45, 2.75) is 27.4 Å². The van der Waals surface area contributed by atoms with Crippen molar-refractivity contribution < 1.29 is 14.3 Å². The van der Waals surface area contributed by atoms with E-state index in [0.717, 1.165) is 22.4 Å². The summed E-state index contributed by atoms with van der Waals surface area (Å²) in [5, 5.41) is 4.10. The van der Waals surface area contributed by atoms with Crippen molar-refractivity contribution in [2.75, 3.05) is 6.61 Å². The van der Waals surface area contributed by atoms with Crippen molar-refractivity contribution in [3.63, 3.8) is 0 Å². The van der Waals surface area contributed by atoms with Crippen molar-refractivity contribution >= 4 is 46.2 Å². The largest absolute Gasteiger partial charge is 0.490 e. The van der Waals surface area contributed by atoms with Crippen LogP contribution >= 0.6 is 23.4 Å². The Morgan fingerprint density at radius 2 is 1.79 bits per heavy atom. The summed E-state index contributed by atoms with van der Waals surface area (Å²) in [6.45, 7) is 6.87. The number of amidine groups is 1. The van der Waals surface area contributed by atoms with Crippen molar-refractivity contribution in [3.8, 4) is 11.5 Å². The van der Waals surface area contributed by atoms with E-state index in [4.69, 9.17) is 21.1 Å². The van der Waals surface area contributed by atoms with Crippen LogP contribution in [0.15, 0.2) is 70.6 Å². The zero-order chi connectivity index (χ0) is 24.1. The van der Waals surface area contributed by atoms with Gasteiger partial charge in [0, 0.05) is 5.02 Å². The van der Waals surface area contributed by atoms with Crippen molar-refractivity contribution in [2.24, 2.45) is 4.99 Å². The minimum absolute atomic E-state index is 0.172. The Kier molecular flexibility index (Phi) is 7.60. The molecule has 3 aromatic carbocycles. The van der Waals surface area contributed by atoms with Crippen LogP contribution in [0.4, 0.5) is 5.69 Å². The lowest BCUT2D eigenvalue weighted by molar-refractivity contribution is -0.115. The molecule has 0 aromatic heterocycles. The Bertz CT molecular complexity index is 1270. The van der Waals surface area contributed by atoms with Gasteiger partial charge in [-0.3, -0.25) is 4.79 Å². The molecular formula is C27H25ClN2O3S. The number of aliphatic imine (C=N–C) groups is 1. The van der Waals surface area contributed by atoms with E-state index in [1.807, 2.05) is 81.4 Å². The molecule has 0 unspecified atom stereocenters. The topological polar surface area (TPSA) is 59.9 Å². The van der Waals surface area contributed by atoms with Gasteiger partial charge in [0.1, 0.15) is 6.61 Å². The lowest BCUT2D eigenvalue weighted by atomic mass is 10.1. The fraction of sp³-hybridized carbons (Fsp3) is 0.185. The van der Waals surface area contributed by atoms with Gasteiger partial charge in [0.05, 0.1) is 17.2 Å². The Hall–Kier alpha value is -3.22. The molecular weight excluding hydrogens is 468 g/mol.